The van der Waals surface area contributed by atoms with Gasteiger partial charge in [0.1, 0.15) is 10.7 Å². The number of hydrogen-bond acceptors (Lipinski definition) is 5. The summed E-state index contributed by atoms with van der Waals surface area (Å²) in [5, 5.41) is 1.82. The fourth-order valence-electron chi connectivity index (χ4n) is 3.06. The molecule has 0 saturated carbocycles. The lowest BCUT2D eigenvalue weighted by Gasteiger charge is -2.32. The van der Waals surface area contributed by atoms with Gasteiger partial charge < -0.3 is 4.90 Å². The number of halogens is 3. The number of thiazole rings is 1. The molecule has 3 rings (SSSR count). The molecule has 1 N–H and O–H groups in total. The van der Waals surface area contributed by atoms with Crippen molar-refractivity contribution < 1.29 is 26.4 Å². The molecule has 1 aromatic carbocycles. The van der Waals surface area contributed by atoms with Crippen molar-refractivity contribution in [3.8, 4) is 10.6 Å². The second-order valence-corrected chi connectivity index (χ2v) is 9.23. The summed E-state index contributed by atoms with van der Waals surface area (Å²) in [6.45, 7) is 0.694. The average molecular weight is 433 g/mol. The number of nitrogens with zero attached hydrogens (tertiary/aromatic N) is 2. The maximum Gasteiger partial charge on any atom is 0.416 e. The van der Waals surface area contributed by atoms with Crippen LogP contribution in [0.4, 0.5) is 13.2 Å². The molecule has 2 aromatic rings. The Morgan fingerprint density at radius 2 is 2.11 bits per heavy atom. The number of nitrogens with one attached hydrogen (secondary N) is 1. The Hall–Kier alpha value is -1.98. The van der Waals surface area contributed by atoms with E-state index in [0.29, 0.717) is 24.4 Å². The van der Waals surface area contributed by atoms with Crippen LogP contribution in [0.2, 0.25) is 0 Å². The predicted octanol–water partition coefficient (Wildman–Crippen LogP) is 2.98. The zero-order chi connectivity index (χ0) is 20.5. The minimum Gasteiger partial charge on any atom is -0.336 e. The van der Waals surface area contributed by atoms with Crippen molar-refractivity contribution in [3.63, 3.8) is 0 Å². The Morgan fingerprint density at radius 1 is 1.36 bits per heavy atom. The molecule has 0 bridgehead atoms. The number of carbonyl (C=O) groups is 1. The number of rotatable bonds is 4. The molecule has 1 saturated heterocycles. The highest BCUT2D eigenvalue weighted by atomic mass is 32.2. The molecular weight excluding hydrogens is 415 g/mol. The zero-order valence-electron chi connectivity index (χ0n) is 14.9. The summed E-state index contributed by atoms with van der Waals surface area (Å²) in [5.74, 6) is -0.366. The quantitative estimate of drug-likeness (QED) is 0.804. The van der Waals surface area contributed by atoms with Crippen molar-refractivity contribution >= 4 is 27.3 Å². The molecule has 1 unspecified atom stereocenters. The number of amides is 1. The highest BCUT2D eigenvalue weighted by Gasteiger charge is 2.31. The second-order valence-electron chi connectivity index (χ2n) is 6.60. The number of hydrogen-bond donors (Lipinski definition) is 1. The van der Waals surface area contributed by atoms with E-state index in [4.69, 9.17) is 0 Å². The first kappa shape index (κ1) is 20.7. The monoisotopic (exact) mass is 433 g/mol. The fourth-order valence-corrected chi connectivity index (χ4v) is 4.64. The minimum atomic E-state index is -4.46. The van der Waals surface area contributed by atoms with Gasteiger partial charge in [0.15, 0.2) is 0 Å². The first-order valence-electron chi connectivity index (χ1n) is 8.43. The van der Waals surface area contributed by atoms with E-state index in [-0.39, 0.29) is 29.8 Å². The summed E-state index contributed by atoms with van der Waals surface area (Å²) in [7, 11) is -3.38. The molecule has 0 aliphatic carbocycles. The number of likely N-dealkylation sites (tertiary alicyclic amines) is 1. The van der Waals surface area contributed by atoms with Gasteiger partial charge in [-0.3, -0.25) is 4.79 Å². The summed E-state index contributed by atoms with van der Waals surface area (Å²) >= 11 is 1.09. The molecule has 1 aliphatic rings. The van der Waals surface area contributed by atoms with E-state index in [1.54, 1.807) is 0 Å². The van der Waals surface area contributed by atoms with E-state index in [2.05, 4.69) is 9.71 Å². The summed E-state index contributed by atoms with van der Waals surface area (Å²) in [6, 6.07) is 4.42. The normalized spacial score (nSPS) is 18.3. The third kappa shape index (κ3) is 5.09. The first-order valence-corrected chi connectivity index (χ1v) is 11.2. The molecule has 1 amide bonds. The van der Waals surface area contributed by atoms with E-state index in [9.17, 15) is 26.4 Å². The van der Waals surface area contributed by atoms with Crippen molar-refractivity contribution in [2.24, 2.45) is 0 Å². The van der Waals surface area contributed by atoms with E-state index in [1.807, 2.05) is 0 Å². The number of carbonyl (C=O) groups excluding carboxylic acids is 1. The summed E-state index contributed by atoms with van der Waals surface area (Å²) < 4.78 is 64.0. The SMILES string of the molecule is CS(=O)(=O)NC1CCCN(C(=O)c2csc(-c3cccc(C(F)(F)F)c3)n2)C1. The van der Waals surface area contributed by atoms with Crippen LogP contribution < -0.4 is 4.72 Å². The Kier molecular flexibility index (Phi) is 5.78. The van der Waals surface area contributed by atoms with Gasteiger partial charge in [-0.15, -0.1) is 11.3 Å². The van der Waals surface area contributed by atoms with Crippen LogP contribution in [-0.2, 0) is 16.2 Å². The predicted molar refractivity (Wildman–Crippen MR) is 99.5 cm³/mol. The van der Waals surface area contributed by atoms with Crippen LogP contribution in [0.25, 0.3) is 10.6 Å². The van der Waals surface area contributed by atoms with Crippen LogP contribution in [0, 0.1) is 0 Å². The summed E-state index contributed by atoms with van der Waals surface area (Å²) in [6.07, 6.45) is -2.12. The molecule has 1 aliphatic heterocycles. The van der Waals surface area contributed by atoms with Gasteiger partial charge in [0.25, 0.3) is 5.91 Å². The first-order chi connectivity index (χ1) is 13.0. The highest BCUT2D eigenvalue weighted by Crippen LogP contribution is 2.33. The molecule has 0 radical (unpaired) electrons. The van der Waals surface area contributed by atoms with Crippen LogP contribution in [0.15, 0.2) is 29.6 Å². The number of sulfonamides is 1. The molecule has 1 fully saturated rings. The van der Waals surface area contributed by atoms with Crippen LogP contribution in [0.1, 0.15) is 28.9 Å². The zero-order valence-corrected chi connectivity index (χ0v) is 16.5. The van der Waals surface area contributed by atoms with Crippen LogP contribution in [0.5, 0.6) is 0 Å². The molecule has 152 valence electrons. The number of aromatic nitrogens is 1. The van der Waals surface area contributed by atoms with Crippen molar-refractivity contribution in [3.05, 3.63) is 40.9 Å². The Balaban J connectivity index is 1.76. The molecule has 1 atom stereocenters. The fraction of sp³-hybridized carbons (Fsp3) is 0.412. The molecule has 0 spiro atoms. The molecule has 1 aromatic heterocycles. The maximum absolute atomic E-state index is 12.9. The van der Waals surface area contributed by atoms with Crippen molar-refractivity contribution in [1.82, 2.24) is 14.6 Å². The van der Waals surface area contributed by atoms with Crippen LogP contribution >= 0.6 is 11.3 Å². The van der Waals surface area contributed by atoms with Gasteiger partial charge in [-0.2, -0.15) is 13.2 Å². The van der Waals surface area contributed by atoms with Gasteiger partial charge >= 0.3 is 6.18 Å². The van der Waals surface area contributed by atoms with Gasteiger partial charge in [-0.1, -0.05) is 12.1 Å². The van der Waals surface area contributed by atoms with Gasteiger partial charge in [-0.05, 0) is 25.0 Å². The van der Waals surface area contributed by atoms with Crippen molar-refractivity contribution in [1.29, 1.82) is 0 Å². The van der Waals surface area contributed by atoms with Crippen LogP contribution in [-0.4, -0.2) is 49.6 Å². The molecule has 11 heteroatoms. The lowest BCUT2D eigenvalue weighted by Crippen LogP contribution is -2.49. The van der Waals surface area contributed by atoms with Gasteiger partial charge in [0, 0.05) is 30.1 Å². The Morgan fingerprint density at radius 3 is 2.79 bits per heavy atom. The number of benzene rings is 1. The maximum atomic E-state index is 12.9. The van der Waals surface area contributed by atoms with Crippen LogP contribution in [0.3, 0.4) is 0 Å². The average Bonchev–Trinajstić information content (AvgIpc) is 3.09. The van der Waals surface area contributed by atoms with E-state index in [1.165, 1.54) is 22.4 Å². The third-order valence-corrected chi connectivity index (χ3v) is 5.90. The smallest absolute Gasteiger partial charge is 0.336 e. The van der Waals surface area contributed by atoms with Gasteiger partial charge in [-0.25, -0.2) is 18.1 Å². The molecular formula is C17H18F3N3O3S2. The van der Waals surface area contributed by atoms with E-state index >= 15 is 0 Å². The molecule has 2 heterocycles. The Bertz CT molecular complexity index is 973. The number of piperidine rings is 1. The van der Waals surface area contributed by atoms with Crippen molar-refractivity contribution in [2.45, 2.75) is 25.1 Å². The topological polar surface area (TPSA) is 79.4 Å². The van der Waals surface area contributed by atoms with Crippen molar-refractivity contribution in [2.75, 3.05) is 19.3 Å². The van der Waals surface area contributed by atoms with Gasteiger partial charge in [0.2, 0.25) is 10.0 Å². The second kappa shape index (κ2) is 7.80. The van der Waals surface area contributed by atoms with Gasteiger partial charge in [0.05, 0.1) is 11.8 Å². The largest absolute Gasteiger partial charge is 0.416 e. The lowest BCUT2D eigenvalue weighted by atomic mass is 10.1. The molecule has 28 heavy (non-hydrogen) atoms. The van der Waals surface area contributed by atoms with E-state index in [0.717, 1.165) is 29.7 Å². The summed E-state index contributed by atoms with van der Waals surface area (Å²) in [4.78, 5) is 18.4. The lowest BCUT2D eigenvalue weighted by molar-refractivity contribution is -0.137. The number of alkyl halides is 3. The van der Waals surface area contributed by atoms with E-state index < -0.39 is 21.8 Å². The highest BCUT2D eigenvalue weighted by molar-refractivity contribution is 7.88. The minimum absolute atomic E-state index is 0.136. The third-order valence-electron chi connectivity index (χ3n) is 4.25. The molecule has 6 nitrogen and oxygen atoms in total. The Labute approximate surface area is 164 Å². The standard InChI is InChI=1S/C17H18F3N3O3S2/c1-28(25,26)22-13-6-3-7-23(9-13)16(24)14-10-27-15(21-14)11-4-2-5-12(8-11)17(18,19)20/h2,4-5,8,10,13,22H,3,6-7,9H2,1H3. The summed E-state index contributed by atoms with van der Waals surface area (Å²) in [5.41, 5.74) is -0.356.